The SMILES string of the molecule is Cc1ccc(COc2cc(CCC3CCCCC3)cc(OCc3ccc(F)cc3F)c2)c(F)c1.Fc1ccc(COc2cc(CCCC3CCCCC3)cc(OCc3ccc(F)cc3F)c2)c(F)c1. The van der Waals surface area contributed by atoms with Gasteiger partial charge in [-0.1, -0.05) is 82.8 Å². The van der Waals surface area contributed by atoms with Crippen LogP contribution in [-0.4, -0.2) is 0 Å². The summed E-state index contributed by atoms with van der Waals surface area (Å²) >= 11 is 0. The number of aryl methyl sites for hydroxylation is 3. The molecule has 0 saturated heterocycles. The molecule has 0 bridgehead atoms. The van der Waals surface area contributed by atoms with Gasteiger partial charge in [0.2, 0.25) is 0 Å². The average molecular weight is 955 g/mol. The normalized spacial score (nSPS) is 14.2. The predicted octanol–water partition coefficient (Wildman–Crippen LogP) is 16.4. The molecular formula is C58H61F7O4. The van der Waals surface area contributed by atoms with Crippen molar-refractivity contribution in [1.82, 2.24) is 0 Å². The van der Waals surface area contributed by atoms with Crippen LogP contribution in [0.15, 0.2) is 109 Å². The summed E-state index contributed by atoms with van der Waals surface area (Å²) in [6.07, 6.45) is 18.0. The highest BCUT2D eigenvalue weighted by Gasteiger charge is 2.17. The zero-order valence-electron chi connectivity index (χ0n) is 39.3. The molecule has 2 saturated carbocycles. The van der Waals surface area contributed by atoms with Gasteiger partial charge in [0.1, 0.15) is 90.1 Å². The molecule has 2 fully saturated rings. The van der Waals surface area contributed by atoms with Crippen LogP contribution in [0.3, 0.4) is 0 Å². The maximum absolute atomic E-state index is 14.2. The Morgan fingerprint density at radius 1 is 0.377 bits per heavy atom. The maximum Gasteiger partial charge on any atom is 0.132 e. The van der Waals surface area contributed by atoms with E-state index in [-0.39, 0.29) is 48.9 Å². The molecule has 11 heteroatoms. The number of rotatable bonds is 19. The summed E-state index contributed by atoms with van der Waals surface area (Å²) in [4.78, 5) is 0. The lowest BCUT2D eigenvalue weighted by atomic mass is 9.85. The second kappa shape index (κ2) is 25.6. The minimum Gasteiger partial charge on any atom is -0.489 e. The van der Waals surface area contributed by atoms with Gasteiger partial charge in [-0.2, -0.15) is 0 Å². The fraction of sp³-hybridized carbons (Fsp3) is 0.379. The molecule has 8 rings (SSSR count). The van der Waals surface area contributed by atoms with Crippen LogP contribution in [0, 0.1) is 59.5 Å². The highest BCUT2D eigenvalue weighted by molar-refractivity contribution is 5.40. The van der Waals surface area contributed by atoms with Crippen molar-refractivity contribution in [3.05, 3.63) is 189 Å². The number of hydrogen-bond donors (Lipinski definition) is 0. The van der Waals surface area contributed by atoms with Gasteiger partial charge in [0.15, 0.2) is 0 Å². The van der Waals surface area contributed by atoms with Crippen LogP contribution in [-0.2, 0) is 39.3 Å². The van der Waals surface area contributed by atoms with Crippen molar-refractivity contribution in [2.75, 3.05) is 0 Å². The highest BCUT2D eigenvalue weighted by Crippen LogP contribution is 2.33. The van der Waals surface area contributed by atoms with E-state index in [0.29, 0.717) is 28.6 Å². The summed E-state index contributed by atoms with van der Waals surface area (Å²) in [5.41, 5.74) is 4.17. The first-order valence-corrected chi connectivity index (χ1v) is 24.3. The summed E-state index contributed by atoms with van der Waals surface area (Å²) < 4.78 is 119. The molecule has 0 unspecified atom stereocenters. The summed E-state index contributed by atoms with van der Waals surface area (Å²) in [7, 11) is 0. The second-order valence-corrected chi connectivity index (χ2v) is 18.5. The third kappa shape index (κ3) is 16.3. The van der Waals surface area contributed by atoms with E-state index in [4.69, 9.17) is 18.9 Å². The molecule has 0 aliphatic heterocycles. The first-order chi connectivity index (χ1) is 33.4. The molecule has 0 spiro atoms. The molecule has 2 aliphatic carbocycles. The molecule has 4 nitrogen and oxygen atoms in total. The number of benzene rings is 6. The summed E-state index contributed by atoms with van der Waals surface area (Å²) in [6, 6.07) is 26.4. The van der Waals surface area contributed by atoms with Crippen molar-refractivity contribution in [2.24, 2.45) is 11.8 Å². The van der Waals surface area contributed by atoms with Gasteiger partial charge in [0.25, 0.3) is 0 Å². The molecule has 0 N–H and O–H groups in total. The minimum absolute atomic E-state index is 0.0236. The first-order valence-electron chi connectivity index (χ1n) is 24.3. The molecule has 2 aliphatic rings. The molecule has 0 amide bonds. The van der Waals surface area contributed by atoms with E-state index < -0.39 is 34.9 Å². The van der Waals surface area contributed by atoms with Crippen LogP contribution < -0.4 is 18.9 Å². The molecule has 69 heavy (non-hydrogen) atoms. The van der Waals surface area contributed by atoms with E-state index in [1.165, 1.54) is 113 Å². The van der Waals surface area contributed by atoms with Crippen molar-refractivity contribution in [1.29, 1.82) is 0 Å². The van der Waals surface area contributed by atoms with Gasteiger partial charge >= 0.3 is 0 Å². The van der Waals surface area contributed by atoms with Gasteiger partial charge in [0.05, 0.1) is 0 Å². The van der Waals surface area contributed by atoms with Gasteiger partial charge in [-0.05, 0) is 128 Å². The minimum atomic E-state index is -0.670. The van der Waals surface area contributed by atoms with Crippen molar-refractivity contribution in [3.8, 4) is 23.0 Å². The fourth-order valence-electron chi connectivity index (χ4n) is 9.13. The van der Waals surface area contributed by atoms with Crippen LogP contribution in [0.5, 0.6) is 23.0 Å². The van der Waals surface area contributed by atoms with Gasteiger partial charge in [-0.25, -0.2) is 30.7 Å². The largest absolute Gasteiger partial charge is 0.489 e. The van der Waals surface area contributed by atoms with E-state index in [0.717, 1.165) is 72.4 Å². The first kappa shape index (κ1) is 50.9. The Morgan fingerprint density at radius 2 is 0.725 bits per heavy atom. The lowest BCUT2D eigenvalue weighted by Crippen LogP contribution is -2.07. The Morgan fingerprint density at radius 3 is 1.10 bits per heavy atom. The zero-order chi connectivity index (χ0) is 48.5. The zero-order valence-corrected chi connectivity index (χ0v) is 39.3. The van der Waals surface area contributed by atoms with Crippen molar-refractivity contribution in [3.63, 3.8) is 0 Å². The summed E-state index contributed by atoms with van der Waals surface area (Å²) in [6.45, 7) is 1.79. The van der Waals surface area contributed by atoms with Gasteiger partial charge in [0, 0.05) is 52.6 Å². The summed E-state index contributed by atoms with van der Waals surface area (Å²) in [5, 5.41) is 0. The van der Waals surface area contributed by atoms with Crippen LogP contribution in [0.1, 0.15) is 122 Å². The van der Waals surface area contributed by atoms with Crippen molar-refractivity contribution < 1.29 is 49.7 Å². The monoisotopic (exact) mass is 954 g/mol. The Kier molecular flexibility index (Phi) is 18.9. The Balaban J connectivity index is 0.000000204. The lowest BCUT2D eigenvalue weighted by Gasteiger charge is -2.21. The Bertz CT molecular complexity index is 2440. The molecule has 6 aromatic rings. The van der Waals surface area contributed by atoms with E-state index in [2.05, 4.69) is 0 Å². The maximum atomic E-state index is 14.2. The highest BCUT2D eigenvalue weighted by atomic mass is 19.2. The third-order valence-corrected chi connectivity index (χ3v) is 13.1. The fourth-order valence-corrected chi connectivity index (χ4v) is 9.13. The number of hydrogen-bond acceptors (Lipinski definition) is 4. The number of ether oxygens (including phenoxy) is 4. The van der Waals surface area contributed by atoms with E-state index >= 15 is 0 Å². The quantitative estimate of drug-likeness (QED) is 0.0758. The van der Waals surface area contributed by atoms with E-state index in [1.807, 2.05) is 37.3 Å². The molecule has 0 aromatic heterocycles. The van der Waals surface area contributed by atoms with Crippen molar-refractivity contribution in [2.45, 2.75) is 130 Å². The van der Waals surface area contributed by atoms with E-state index in [9.17, 15) is 30.7 Å². The van der Waals surface area contributed by atoms with Crippen LogP contribution in [0.2, 0.25) is 0 Å². The molecule has 0 atom stereocenters. The molecule has 6 aromatic carbocycles. The molecule has 366 valence electrons. The van der Waals surface area contributed by atoms with Crippen LogP contribution in [0.4, 0.5) is 30.7 Å². The topological polar surface area (TPSA) is 36.9 Å². The van der Waals surface area contributed by atoms with Gasteiger partial charge < -0.3 is 18.9 Å². The Labute approximate surface area is 401 Å². The second-order valence-electron chi connectivity index (χ2n) is 18.5. The Hall–Kier alpha value is -5.97. The number of halogens is 7. The lowest BCUT2D eigenvalue weighted by molar-refractivity contribution is 0.283. The molecule has 0 heterocycles. The predicted molar refractivity (Wildman–Crippen MR) is 255 cm³/mol. The third-order valence-electron chi connectivity index (χ3n) is 13.1. The standard InChI is InChI=1S/C29H30F4O2.C29H31F3O2/c30-24-11-9-22(28(32)15-24)18-34-26-13-21(8-4-7-20-5-2-1-3-6-20)14-27(17-26)35-19-23-10-12-25(31)16-29(23)33;1-20-7-10-23(28(31)13-20)18-33-26-14-22(9-8-21-5-3-2-4-6-21)15-27(17-26)34-19-24-11-12-25(30)16-29(24)32/h9-17,20H,1-8,18-19H2;7,10-17,21H,2-6,8-9,18-19H2,1H3. The van der Waals surface area contributed by atoms with E-state index in [1.54, 1.807) is 18.2 Å². The smallest absolute Gasteiger partial charge is 0.132 e. The average Bonchev–Trinajstić information content (AvgIpc) is 3.33. The summed E-state index contributed by atoms with van der Waals surface area (Å²) in [5.74, 6) is -0.573. The molecule has 0 radical (unpaired) electrons. The van der Waals surface area contributed by atoms with Crippen LogP contribution in [0.25, 0.3) is 0 Å². The molecular weight excluding hydrogens is 894 g/mol. The van der Waals surface area contributed by atoms with Crippen LogP contribution >= 0.6 is 0 Å². The van der Waals surface area contributed by atoms with Gasteiger partial charge in [-0.15, -0.1) is 0 Å². The van der Waals surface area contributed by atoms with Crippen molar-refractivity contribution >= 4 is 0 Å². The van der Waals surface area contributed by atoms with Gasteiger partial charge in [-0.3, -0.25) is 0 Å².